The van der Waals surface area contributed by atoms with Crippen LogP contribution in [0.5, 0.6) is 0 Å². The third-order valence-electron chi connectivity index (χ3n) is 10.1. The molecule has 0 saturated carbocycles. The minimum Gasteiger partial charge on any atom is -0.414 e. The highest BCUT2D eigenvalue weighted by atomic mass is 16.6. The number of allylic oxidation sites excluding steroid dienone is 5. The summed E-state index contributed by atoms with van der Waals surface area (Å²) in [5.41, 5.74) is 13.0. The zero-order valence-corrected chi connectivity index (χ0v) is 31.5. The molecule has 4 unspecified atom stereocenters. The van der Waals surface area contributed by atoms with Crippen LogP contribution < -0.4 is 16.8 Å². The number of guanidine groups is 1. The minimum absolute atomic E-state index is 0.0143. The normalized spacial score (nSPS) is 18.2. The number of carbonyl (C=O) groups excluding carboxylic acids is 3. The maximum atomic E-state index is 13.9. The van der Waals surface area contributed by atoms with E-state index >= 15 is 0 Å². The van der Waals surface area contributed by atoms with E-state index in [1.807, 2.05) is 37.3 Å². The lowest BCUT2D eigenvalue weighted by atomic mass is 9.67. The quantitative estimate of drug-likeness (QED) is 0.0938. The first-order valence-electron chi connectivity index (χ1n) is 18.3. The molecule has 2 aromatic rings. The lowest BCUT2D eigenvalue weighted by Crippen LogP contribution is -2.48. The number of likely N-dealkylation sites (tertiary alicyclic amines) is 1. The number of nitrogens with one attached hydrogen (secondary N) is 1. The smallest absolute Gasteiger partial charge is 0.414 e. The van der Waals surface area contributed by atoms with Gasteiger partial charge in [0.25, 0.3) is 5.91 Å². The van der Waals surface area contributed by atoms with Crippen molar-refractivity contribution in [3.05, 3.63) is 107 Å². The SMILES string of the molecule is C/C=C(\OC(=O)N(C)CC1CCN(C(=O)C(CCCN=C(N)N)NC(=O)c2ccccc2)C1)C(CC(C)N(C)C)(C1=CCCC=C1)c1ccccc1. The number of hydrogen-bond donors (Lipinski definition) is 3. The number of hydrogen-bond acceptors (Lipinski definition) is 6. The zero-order valence-electron chi connectivity index (χ0n) is 31.5. The largest absolute Gasteiger partial charge is 0.414 e. The first kappa shape index (κ1) is 39.9. The molecule has 1 heterocycles. The number of rotatable bonds is 16. The molecule has 1 aliphatic heterocycles. The summed E-state index contributed by atoms with van der Waals surface area (Å²) in [7, 11) is 5.89. The van der Waals surface area contributed by atoms with E-state index in [9.17, 15) is 14.4 Å². The van der Waals surface area contributed by atoms with Crippen molar-refractivity contribution in [2.45, 2.75) is 69.9 Å². The molecule has 0 aromatic heterocycles. The van der Waals surface area contributed by atoms with Crippen LogP contribution in [-0.4, -0.2) is 98.0 Å². The lowest BCUT2D eigenvalue weighted by molar-refractivity contribution is -0.132. The molecule has 280 valence electrons. The van der Waals surface area contributed by atoms with Gasteiger partial charge in [-0.1, -0.05) is 66.8 Å². The molecular formula is C41H57N7O4. The molecule has 11 heteroatoms. The summed E-state index contributed by atoms with van der Waals surface area (Å²) in [4.78, 5) is 50.4. The van der Waals surface area contributed by atoms with Crippen LogP contribution in [0.3, 0.4) is 0 Å². The van der Waals surface area contributed by atoms with Gasteiger partial charge in [0.15, 0.2) is 5.96 Å². The molecule has 4 atom stereocenters. The van der Waals surface area contributed by atoms with Gasteiger partial charge in [-0.15, -0.1) is 0 Å². The monoisotopic (exact) mass is 711 g/mol. The Morgan fingerprint density at radius 3 is 2.37 bits per heavy atom. The van der Waals surface area contributed by atoms with Crippen LogP contribution in [-0.2, 0) is 14.9 Å². The second-order valence-electron chi connectivity index (χ2n) is 14.1. The number of nitrogens with zero attached hydrogens (tertiary/aromatic N) is 4. The molecule has 3 amide bonds. The molecule has 1 aliphatic carbocycles. The van der Waals surface area contributed by atoms with E-state index in [0.717, 1.165) is 30.4 Å². The maximum absolute atomic E-state index is 13.9. The highest BCUT2D eigenvalue weighted by Crippen LogP contribution is 2.46. The van der Waals surface area contributed by atoms with Gasteiger partial charge in [0, 0.05) is 44.8 Å². The average molecular weight is 712 g/mol. The second-order valence-corrected chi connectivity index (χ2v) is 14.1. The second kappa shape index (κ2) is 19.1. The molecule has 1 saturated heterocycles. The summed E-state index contributed by atoms with van der Waals surface area (Å²) in [6.07, 6.45) is 12.4. The van der Waals surface area contributed by atoms with Crippen molar-refractivity contribution in [1.82, 2.24) is 20.0 Å². The molecule has 2 aliphatic rings. The number of nitrogens with two attached hydrogens (primary N) is 2. The van der Waals surface area contributed by atoms with Gasteiger partial charge in [0.2, 0.25) is 5.91 Å². The molecule has 1 fully saturated rings. The standard InChI is InChI=1S/C41H57N7O4/c1-6-36(41(27-30(2)46(3)4,33-19-12-8-13-20-33)34-21-14-9-15-22-34)52-40(51)47(5)28-31-24-26-48(29-31)38(50)35(23-16-25-44-39(42)43)45-37(49)32-17-10-7-11-18-32/h6-8,10-14,17-22,30-31,35H,9,15-16,23-29H2,1-5H3,(H,45,49)(H4,42,43,44)/b36-6-. The fourth-order valence-electron chi connectivity index (χ4n) is 7.09. The van der Waals surface area contributed by atoms with Crippen molar-refractivity contribution in [2.75, 3.05) is 47.3 Å². The van der Waals surface area contributed by atoms with Gasteiger partial charge in [-0.2, -0.15) is 0 Å². The Bertz CT molecular complexity index is 1620. The average Bonchev–Trinajstić information content (AvgIpc) is 3.62. The van der Waals surface area contributed by atoms with Gasteiger partial charge in [-0.05, 0) is 102 Å². The van der Waals surface area contributed by atoms with Gasteiger partial charge in [0.05, 0.1) is 5.41 Å². The topological polar surface area (TPSA) is 147 Å². The van der Waals surface area contributed by atoms with E-state index < -0.39 is 17.6 Å². The van der Waals surface area contributed by atoms with Gasteiger partial charge in [-0.25, -0.2) is 4.79 Å². The van der Waals surface area contributed by atoms with Crippen LogP contribution in [0.1, 0.15) is 68.3 Å². The Kier molecular flexibility index (Phi) is 14.6. The first-order chi connectivity index (χ1) is 25.0. The number of ether oxygens (including phenoxy) is 1. The lowest BCUT2D eigenvalue weighted by Gasteiger charge is -2.41. The van der Waals surface area contributed by atoms with Gasteiger partial charge in [0.1, 0.15) is 11.8 Å². The number of aliphatic imine (C=N–C) groups is 1. The summed E-state index contributed by atoms with van der Waals surface area (Å²) < 4.78 is 6.39. The highest BCUT2D eigenvalue weighted by Gasteiger charge is 2.43. The third kappa shape index (κ3) is 10.3. The first-order valence-corrected chi connectivity index (χ1v) is 18.3. The maximum Gasteiger partial charge on any atom is 0.414 e. The fraction of sp³-hybridized carbons (Fsp3) is 0.463. The summed E-state index contributed by atoms with van der Waals surface area (Å²) >= 11 is 0. The molecule has 0 spiro atoms. The van der Waals surface area contributed by atoms with Crippen molar-refractivity contribution in [3.63, 3.8) is 0 Å². The minimum atomic E-state index is -0.737. The summed E-state index contributed by atoms with van der Waals surface area (Å²) in [6.45, 7) is 5.88. The van der Waals surface area contributed by atoms with E-state index in [1.54, 1.807) is 41.1 Å². The predicted octanol–water partition coefficient (Wildman–Crippen LogP) is 5.21. The van der Waals surface area contributed by atoms with Crippen LogP contribution in [0.25, 0.3) is 0 Å². The van der Waals surface area contributed by atoms with Crippen molar-refractivity contribution < 1.29 is 19.1 Å². The Morgan fingerprint density at radius 1 is 1.06 bits per heavy atom. The zero-order chi connectivity index (χ0) is 37.7. The van der Waals surface area contributed by atoms with E-state index in [4.69, 9.17) is 16.2 Å². The van der Waals surface area contributed by atoms with E-state index in [0.29, 0.717) is 56.8 Å². The van der Waals surface area contributed by atoms with Crippen LogP contribution in [0, 0.1) is 5.92 Å². The summed E-state index contributed by atoms with van der Waals surface area (Å²) in [5, 5.41) is 2.93. The van der Waals surface area contributed by atoms with Crippen molar-refractivity contribution >= 4 is 23.9 Å². The van der Waals surface area contributed by atoms with Crippen molar-refractivity contribution in [3.8, 4) is 0 Å². The van der Waals surface area contributed by atoms with Crippen molar-refractivity contribution in [2.24, 2.45) is 22.4 Å². The van der Waals surface area contributed by atoms with Crippen LogP contribution in [0.15, 0.2) is 101 Å². The molecule has 4 rings (SSSR count). The molecule has 0 radical (unpaired) electrons. The van der Waals surface area contributed by atoms with E-state index in [2.05, 4.69) is 66.6 Å². The van der Waals surface area contributed by atoms with Gasteiger partial charge < -0.3 is 36.2 Å². The van der Waals surface area contributed by atoms with E-state index in [1.165, 1.54) is 0 Å². The molecule has 11 nitrogen and oxygen atoms in total. The summed E-state index contributed by atoms with van der Waals surface area (Å²) in [6, 6.07) is 18.6. The van der Waals surface area contributed by atoms with Crippen LogP contribution in [0.2, 0.25) is 0 Å². The Morgan fingerprint density at radius 2 is 1.75 bits per heavy atom. The highest BCUT2D eigenvalue weighted by molar-refractivity contribution is 5.97. The van der Waals surface area contributed by atoms with Crippen molar-refractivity contribution in [1.29, 1.82) is 0 Å². The molecular weight excluding hydrogens is 654 g/mol. The number of amides is 3. The Hall–Kier alpha value is -4.90. The van der Waals surface area contributed by atoms with Gasteiger partial charge >= 0.3 is 6.09 Å². The molecule has 52 heavy (non-hydrogen) atoms. The number of carbonyl (C=O) groups is 3. The van der Waals surface area contributed by atoms with Gasteiger partial charge in [-0.3, -0.25) is 14.6 Å². The Balaban J connectivity index is 1.47. The summed E-state index contributed by atoms with van der Waals surface area (Å²) in [5.74, 6) is 0.154. The Labute approximate surface area is 309 Å². The molecule has 2 aromatic carbocycles. The molecule has 0 bridgehead atoms. The fourth-order valence-corrected chi connectivity index (χ4v) is 7.09. The third-order valence-corrected chi connectivity index (χ3v) is 10.1. The molecule has 5 N–H and O–H groups in total. The van der Waals surface area contributed by atoms with E-state index in [-0.39, 0.29) is 29.7 Å². The number of benzene rings is 2. The predicted molar refractivity (Wildman–Crippen MR) is 208 cm³/mol. The van der Waals surface area contributed by atoms with Crippen LogP contribution in [0.4, 0.5) is 4.79 Å². The van der Waals surface area contributed by atoms with Crippen LogP contribution >= 0.6 is 0 Å².